The van der Waals surface area contributed by atoms with Crippen molar-refractivity contribution in [3.8, 4) is 0 Å². The van der Waals surface area contributed by atoms with Crippen LogP contribution in [0.1, 0.15) is 36.1 Å². The van der Waals surface area contributed by atoms with Gasteiger partial charge in [0.25, 0.3) is 0 Å². The van der Waals surface area contributed by atoms with E-state index in [0.717, 1.165) is 6.42 Å². The second kappa shape index (κ2) is 6.52. The van der Waals surface area contributed by atoms with Crippen LogP contribution in [0.15, 0.2) is 30.6 Å². The molecule has 1 heterocycles. The fraction of sp³-hybridized carbons (Fsp3) is 0.333. The Balaban J connectivity index is 2.49. The molecule has 3 nitrogen and oxygen atoms in total. The lowest BCUT2D eigenvalue weighted by Crippen LogP contribution is -2.25. The molecule has 5 heteroatoms. The van der Waals surface area contributed by atoms with Gasteiger partial charge in [0.1, 0.15) is 11.6 Å². The smallest absolute Gasteiger partial charge is 0.134 e. The standard InChI is InChI=1S/C15H17F2N3/c1-3-7-18-15(11-6-8-19-20-9-11)13-12(16)5-4-10(2)14(13)17/h4-6,8-9,15,18H,3,7H2,1-2H3. The predicted octanol–water partition coefficient (Wildman–Crippen LogP) is 3.15. The van der Waals surface area contributed by atoms with Crippen molar-refractivity contribution >= 4 is 0 Å². The van der Waals surface area contributed by atoms with Crippen molar-refractivity contribution in [2.24, 2.45) is 0 Å². The van der Waals surface area contributed by atoms with E-state index < -0.39 is 17.7 Å². The number of nitrogens with one attached hydrogen (secondary N) is 1. The summed E-state index contributed by atoms with van der Waals surface area (Å²) in [5.41, 5.74) is 1.15. The lowest BCUT2D eigenvalue weighted by Gasteiger charge is -2.21. The van der Waals surface area contributed by atoms with Crippen molar-refractivity contribution in [1.82, 2.24) is 15.5 Å². The Hall–Kier alpha value is -1.88. The first-order valence-corrected chi connectivity index (χ1v) is 6.59. The maximum Gasteiger partial charge on any atom is 0.134 e. The van der Waals surface area contributed by atoms with Gasteiger partial charge in [0.2, 0.25) is 0 Å². The van der Waals surface area contributed by atoms with Gasteiger partial charge in [0.15, 0.2) is 0 Å². The number of aromatic nitrogens is 2. The molecule has 106 valence electrons. The summed E-state index contributed by atoms with van der Waals surface area (Å²) in [7, 11) is 0. The van der Waals surface area contributed by atoms with Crippen molar-refractivity contribution in [1.29, 1.82) is 0 Å². The molecule has 0 amide bonds. The predicted molar refractivity (Wildman–Crippen MR) is 73.3 cm³/mol. The molecule has 1 N–H and O–H groups in total. The molecular formula is C15H17F2N3. The summed E-state index contributed by atoms with van der Waals surface area (Å²) < 4.78 is 28.4. The van der Waals surface area contributed by atoms with Gasteiger partial charge >= 0.3 is 0 Å². The van der Waals surface area contributed by atoms with Crippen LogP contribution in [-0.2, 0) is 0 Å². The van der Waals surface area contributed by atoms with E-state index >= 15 is 0 Å². The highest BCUT2D eigenvalue weighted by molar-refractivity contribution is 5.35. The first-order valence-electron chi connectivity index (χ1n) is 6.59. The Kier molecular flexibility index (Phi) is 4.74. The van der Waals surface area contributed by atoms with Crippen LogP contribution in [0.4, 0.5) is 8.78 Å². The van der Waals surface area contributed by atoms with Crippen LogP contribution in [0.5, 0.6) is 0 Å². The summed E-state index contributed by atoms with van der Waals surface area (Å²) in [5.74, 6) is -1.08. The Morgan fingerprint density at radius 3 is 2.65 bits per heavy atom. The molecule has 0 bridgehead atoms. The number of hydrogen-bond donors (Lipinski definition) is 1. The SMILES string of the molecule is CCCNC(c1ccnnc1)c1c(F)ccc(C)c1F. The molecule has 0 aliphatic rings. The largest absolute Gasteiger partial charge is 0.306 e. The van der Waals surface area contributed by atoms with E-state index in [0.29, 0.717) is 17.7 Å². The van der Waals surface area contributed by atoms with E-state index in [2.05, 4.69) is 15.5 Å². The summed E-state index contributed by atoms with van der Waals surface area (Å²) in [4.78, 5) is 0. The molecule has 1 aromatic heterocycles. The number of benzene rings is 1. The Morgan fingerprint density at radius 1 is 1.20 bits per heavy atom. The molecule has 0 fully saturated rings. The van der Waals surface area contributed by atoms with Crippen molar-refractivity contribution in [3.05, 3.63) is 58.9 Å². The zero-order valence-electron chi connectivity index (χ0n) is 11.5. The van der Waals surface area contributed by atoms with Crippen molar-refractivity contribution < 1.29 is 8.78 Å². The van der Waals surface area contributed by atoms with Gasteiger partial charge in [-0.15, -0.1) is 0 Å². The third-order valence-electron chi connectivity index (χ3n) is 3.15. The van der Waals surface area contributed by atoms with Gasteiger partial charge in [-0.05, 0) is 43.1 Å². The van der Waals surface area contributed by atoms with Gasteiger partial charge < -0.3 is 5.32 Å². The van der Waals surface area contributed by atoms with Gasteiger partial charge in [0, 0.05) is 11.8 Å². The van der Waals surface area contributed by atoms with Crippen LogP contribution < -0.4 is 5.32 Å². The molecule has 0 spiro atoms. The van der Waals surface area contributed by atoms with Gasteiger partial charge in [-0.2, -0.15) is 10.2 Å². The van der Waals surface area contributed by atoms with Crippen LogP contribution in [0.2, 0.25) is 0 Å². The monoisotopic (exact) mass is 277 g/mol. The molecule has 0 saturated carbocycles. The molecule has 0 aliphatic heterocycles. The van der Waals surface area contributed by atoms with Crippen LogP contribution in [-0.4, -0.2) is 16.7 Å². The van der Waals surface area contributed by atoms with E-state index in [4.69, 9.17) is 0 Å². The Bertz CT molecular complexity index is 573. The molecule has 2 rings (SSSR count). The molecule has 20 heavy (non-hydrogen) atoms. The second-order valence-electron chi connectivity index (χ2n) is 4.65. The summed E-state index contributed by atoms with van der Waals surface area (Å²) in [6.45, 7) is 4.28. The molecule has 1 aromatic carbocycles. The Morgan fingerprint density at radius 2 is 2.00 bits per heavy atom. The van der Waals surface area contributed by atoms with E-state index in [-0.39, 0.29) is 5.56 Å². The number of aryl methyl sites for hydroxylation is 1. The molecule has 2 aromatic rings. The molecule has 1 unspecified atom stereocenters. The summed E-state index contributed by atoms with van der Waals surface area (Å²) in [6.07, 6.45) is 3.90. The first-order chi connectivity index (χ1) is 9.65. The van der Waals surface area contributed by atoms with Gasteiger partial charge in [0.05, 0.1) is 12.2 Å². The van der Waals surface area contributed by atoms with Crippen molar-refractivity contribution in [2.45, 2.75) is 26.3 Å². The van der Waals surface area contributed by atoms with E-state index in [1.807, 2.05) is 6.92 Å². The molecule has 0 aliphatic carbocycles. The zero-order chi connectivity index (χ0) is 14.5. The third kappa shape index (κ3) is 2.99. The number of halogens is 2. The highest BCUT2D eigenvalue weighted by Crippen LogP contribution is 2.28. The Labute approximate surface area is 117 Å². The molecule has 1 atom stereocenters. The normalized spacial score (nSPS) is 12.4. The summed E-state index contributed by atoms with van der Waals surface area (Å²) >= 11 is 0. The minimum absolute atomic E-state index is 0.0338. The van der Waals surface area contributed by atoms with Crippen molar-refractivity contribution in [3.63, 3.8) is 0 Å². The van der Waals surface area contributed by atoms with Crippen LogP contribution >= 0.6 is 0 Å². The molecular weight excluding hydrogens is 260 g/mol. The van der Waals surface area contributed by atoms with E-state index in [1.165, 1.54) is 24.5 Å². The van der Waals surface area contributed by atoms with Crippen LogP contribution in [0.25, 0.3) is 0 Å². The molecule has 0 saturated heterocycles. The lowest BCUT2D eigenvalue weighted by molar-refractivity contribution is 0.498. The number of hydrogen-bond acceptors (Lipinski definition) is 3. The maximum absolute atomic E-state index is 14.3. The van der Waals surface area contributed by atoms with Gasteiger partial charge in [-0.3, -0.25) is 0 Å². The maximum atomic E-state index is 14.3. The molecule has 0 radical (unpaired) electrons. The lowest BCUT2D eigenvalue weighted by atomic mass is 9.97. The third-order valence-corrected chi connectivity index (χ3v) is 3.15. The average Bonchev–Trinajstić information content (AvgIpc) is 2.47. The van der Waals surface area contributed by atoms with Crippen LogP contribution in [0.3, 0.4) is 0 Å². The van der Waals surface area contributed by atoms with Gasteiger partial charge in [-0.1, -0.05) is 13.0 Å². The minimum Gasteiger partial charge on any atom is -0.306 e. The fourth-order valence-electron chi connectivity index (χ4n) is 2.09. The van der Waals surface area contributed by atoms with E-state index in [1.54, 1.807) is 13.0 Å². The van der Waals surface area contributed by atoms with Crippen LogP contribution in [0, 0.1) is 18.6 Å². The zero-order valence-corrected chi connectivity index (χ0v) is 11.5. The fourth-order valence-corrected chi connectivity index (χ4v) is 2.09. The minimum atomic E-state index is -0.564. The topological polar surface area (TPSA) is 37.8 Å². The number of nitrogens with zero attached hydrogens (tertiary/aromatic N) is 2. The first kappa shape index (κ1) is 14.5. The van der Waals surface area contributed by atoms with Gasteiger partial charge in [-0.25, -0.2) is 8.78 Å². The average molecular weight is 277 g/mol. The quantitative estimate of drug-likeness (QED) is 0.912. The van der Waals surface area contributed by atoms with E-state index in [9.17, 15) is 8.78 Å². The summed E-state index contributed by atoms with van der Waals surface area (Å²) in [5, 5.41) is 10.6. The highest BCUT2D eigenvalue weighted by atomic mass is 19.1. The highest BCUT2D eigenvalue weighted by Gasteiger charge is 2.22. The summed E-state index contributed by atoms with van der Waals surface area (Å²) in [6, 6.07) is 3.88. The van der Waals surface area contributed by atoms with Crippen molar-refractivity contribution in [2.75, 3.05) is 6.54 Å². The second-order valence-corrected chi connectivity index (χ2v) is 4.65. The number of rotatable bonds is 5.